The summed E-state index contributed by atoms with van der Waals surface area (Å²) in [5, 5.41) is 1.05. The van der Waals surface area contributed by atoms with E-state index in [4.69, 9.17) is 20.4 Å². The van der Waals surface area contributed by atoms with Crippen LogP contribution in [0.25, 0.3) is 33.6 Å². The van der Waals surface area contributed by atoms with Crippen molar-refractivity contribution in [2.45, 2.75) is 50.3 Å². The van der Waals surface area contributed by atoms with Crippen molar-refractivity contribution in [2.24, 2.45) is 23.5 Å². The highest BCUT2D eigenvalue weighted by atomic mass is 16.5. The zero-order valence-electron chi connectivity index (χ0n) is 27.8. The standard InChI is InChI=1S/C36H39BN8O4/c1-49-28-13-24(35(48)44-19-25-6-7-29(44)36(25,37)38)11-26-31(28)45(18-21-15-42(16-21)34(47)23-8-10-39-30(46)14-23)33(41-26)27-12-22-3-2-9-40-32(22)43(27)17-20-4-5-20/h2-3,8-14,20-21,25,29H,4-7,15-19,37-38H2,1H3,(H,39,46)/t25?,29?,36-/m0/s1. The maximum absolute atomic E-state index is 14.1. The van der Waals surface area contributed by atoms with E-state index in [2.05, 4.69) is 34.1 Å². The number of carbonyl (C=O) groups excluding carboxylic acids is 2. The molecule has 13 heteroatoms. The molecular weight excluding hydrogens is 619 g/mol. The second-order valence-corrected chi connectivity index (χ2v) is 14.7. The summed E-state index contributed by atoms with van der Waals surface area (Å²) in [6.45, 7) is 3.21. The Morgan fingerprint density at radius 2 is 1.82 bits per heavy atom. The number of aromatic nitrogens is 5. The zero-order chi connectivity index (χ0) is 33.6. The van der Waals surface area contributed by atoms with Crippen LogP contribution >= 0.6 is 0 Å². The van der Waals surface area contributed by atoms with Crippen LogP contribution in [0.15, 0.2) is 59.7 Å². The van der Waals surface area contributed by atoms with E-state index in [1.54, 1.807) is 18.1 Å². The number of benzene rings is 1. The molecule has 9 rings (SSSR count). The number of ether oxygens (including phenoxy) is 1. The van der Waals surface area contributed by atoms with Crippen LogP contribution in [0.1, 0.15) is 46.4 Å². The van der Waals surface area contributed by atoms with E-state index < -0.39 is 0 Å². The zero-order valence-corrected chi connectivity index (χ0v) is 27.8. The summed E-state index contributed by atoms with van der Waals surface area (Å²) in [5.41, 5.74) is 10.4. The van der Waals surface area contributed by atoms with Gasteiger partial charge in [-0.2, -0.15) is 0 Å². The van der Waals surface area contributed by atoms with Crippen LogP contribution in [0.4, 0.5) is 0 Å². The van der Waals surface area contributed by atoms with Gasteiger partial charge in [-0.25, -0.2) is 9.97 Å². The number of H-pyrrole nitrogens is 1. The molecule has 49 heavy (non-hydrogen) atoms. The summed E-state index contributed by atoms with van der Waals surface area (Å²) < 4.78 is 10.5. The maximum Gasteiger partial charge on any atom is 0.254 e. The minimum Gasteiger partial charge on any atom is -0.494 e. The molecule has 2 bridgehead atoms. The Balaban J connectivity index is 1.12. The third-order valence-corrected chi connectivity index (χ3v) is 11.4. The Kier molecular flexibility index (Phi) is 6.81. The van der Waals surface area contributed by atoms with Crippen LogP contribution in [0.2, 0.25) is 0 Å². The molecular formula is C36H39BN8O4. The summed E-state index contributed by atoms with van der Waals surface area (Å²) >= 11 is 0. The second-order valence-electron chi connectivity index (χ2n) is 14.7. The van der Waals surface area contributed by atoms with Gasteiger partial charge in [0.25, 0.3) is 11.8 Å². The summed E-state index contributed by atoms with van der Waals surface area (Å²) in [6, 6.07) is 12.9. The lowest BCUT2D eigenvalue weighted by Crippen LogP contribution is -2.52. The van der Waals surface area contributed by atoms with Gasteiger partial charge in [-0.3, -0.25) is 14.4 Å². The molecule has 1 aromatic carbocycles. The molecule has 4 aromatic heterocycles. The van der Waals surface area contributed by atoms with Crippen molar-refractivity contribution in [1.29, 1.82) is 0 Å². The quantitative estimate of drug-likeness (QED) is 0.244. The number of nitrogens with two attached hydrogens (primary N) is 1. The Morgan fingerprint density at radius 3 is 2.53 bits per heavy atom. The van der Waals surface area contributed by atoms with E-state index in [-0.39, 0.29) is 34.8 Å². The normalized spacial score (nSPS) is 23.5. The molecule has 3 atom stereocenters. The number of carbonyl (C=O) groups is 2. The van der Waals surface area contributed by atoms with Crippen molar-refractivity contribution in [2.75, 3.05) is 26.7 Å². The van der Waals surface area contributed by atoms with E-state index in [1.165, 1.54) is 25.1 Å². The highest BCUT2D eigenvalue weighted by molar-refractivity contribution is 6.17. The molecule has 2 aliphatic carbocycles. The largest absolute Gasteiger partial charge is 0.494 e. The second kappa shape index (κ2) is 11.1. The third kappa shape index (κ3) is 4.88. The molecule has 0 spiro atoms. The molecule has 4 fully saturated rings. The van der Waals surface area contributed by atoms with Crippen molar-refractivity contribution < 1.29 is 14.3 Å². The summed E-state index contributed by atoms with van der Waals surface area (Å²) in [6.07, 6.45) is 7.69. The average Bonchev–Trinajstić information content (AvgIpc) is 3.54. The summed E-state index contributed by atoms with van der Waals surface area (Å²) in [4.78, 5) is 55.4. The van der Waals surface area contributed by atoms with Crippen LogP contribution in [-0.4, -0.2) is 91.8 Å². The average molecular weight is 659 g/mol. The van der Waals surface area contributed by atoms with Gasteiger partial charge >= 0.3 is 0 Å². The number of rotatable bonds is 8. The number of piperidine rings is 1. The number of likely N-dealkylation sites (tertiary alicyclic amines) is 2. The molecule has 2 saturated heterocycles. The number of hydrogen-bond acceptors (Lipinski definition) is 7. The predicted molar refractivity (Wildman–Crippen MR) is 187 cm³/mol. The van der Waals surface area contributed by atoms with Gasteiger partial charge in [-0.05, 0) is 73.9 Å². The number of amides is 2. The minimum absolute atomic E-state index is 0.0176. The highest BCUT2D eigenvalue weighted by Crippen LogP contribution is 2.44. The lowest BCUT2D eigenvalue weighted by Gasteiger charge is -2.39. The molecule has 4 aliphatic rings. The van der Waals surface area contributed by atoms with Gasteiger partial charge in [0.2, 0.25) is 5.56 Å². The van der Waals surface area contributed by atoms with Crippen molar-refractivity contribution in [3.05, 3.63) is 76.3 Å². The van der Waals surface area contributed by atoms with Crippen molar-refractivity contribution in [3.8, 4) is 17.3 Å². The SMILES string of the molecule is B[C@]1(N)C2CCC1N(C(=O)c1cc(OC)c3c(c1)nc(-c1cc4cccnc4n1CC1CC1)n3CC1CN(C(=O)c3cc[nH]c(=O)c3)C1)C2. The Morgan fingerprint density at radius 1 is 1.00 bits per heavy atom. The topological polar surface area (TPSA) is 144 Å². The fraction of sp³-hybridized carbons (Fsp3) is 0.417. The molecule has 250 valence electrons. The molecule has 3 N–H and O–H groups in total. The number of fused-ring (bicyclic) bond motifs is 4. The molecule has 2 aliphatic heterocycles. The van der Waals surface area contributed by atoms with Crippen LogP contribution in [-0.2, 0) is 13.1 Å². The Hall–Kier alpha value is -4.91. The fourth-order valence-corrected chi connectivity index (χ4v) is 8.56. The van der Waals surface area contributed by atoms with Gasteiger partial charge in [0.15, 0.2) is 5.82 Å². The van der Waals surface area contributed by atoms with E-state index in [9.17, 15) is 14.4 Å². The van der Waals surface area contributed by atoms with Crippen molar-refractivity contribution in [3.63, 3.8) is 0 Å². The minimum atomic E-state index is -0.379. The van der Waals surface area contributed by atoms with Crippen molar-refractivity contribution in [1.82, 2.24) is 33.9 Å². The number of pyridine rings is 2. The fourth-order valence-electron chi connectivity index (χ4n) is 8.56. The summed E-state index contributed by atoms with van der Waals surface area (Å²) in [7, 11) is 3.71. The predicted octanol–water partition coefficient (Wildman–Crippen LogP) is 2.45. The third-order valence-electron chi connectivity index (χ3n) is 11.4. The van der Waals surface area contributed by atoms with Crippen LogP contribution in [0.3, 0.4) is 0 Å². The van der Waals surface area contributed by atoms with Gasteiger partial charge in [0.05, 0.1) is 18.3 Å². The molecule has 6 heterocycles. The first-order valence-corrected chi connectivity index (χ1v) is 17.3. The van der Waals surface area contributed by atoms with Crippen LogP contribution < -0.4 is 16.0 Å². The Labute approximate surface area is 283 Å². The lowest BCUT2D eigenvalue weighted by atomic mass is 9.71. The molecule has 2 amide bonds. The molecule has 5 aromatic rings. The molecule has 2 saturated carbocycles. The first kappa shape index (κ1) is 30.2. The molecule has 12 nitrogen and oxygen atoms in total. The van der Waals surface area contributed by atoms with E-state index in [0.29, 0.717) is 60.4 Å². The van der Waals surface area contributed by atoms with E-state index in [0.717, 1.165) is 47.5 Å². The number of methoxy groups -OCH3 is 1. The number of imidazole rings is 1. The summed E-state index contributed by atoms with van der Waals surface area (Å²) in [5.74, 6) is 2.22. The lowest BCUT2D eigenvalue weighted by molar-refractivity contribution is 0.0471. The maximum atomic E-state index is 14.1. The van der Waals surface area contributed by atoms with Gasteiger partial charge in [0, 0.05) is 85.1 Å². The van der Waals surface area contributed by atoms with Gasteiger partial charge in [0.1, 0.15) is 24.8 Å². The number of nitrogens with one attached hydrogen (secondary N) is 1. The van der Waals surface area contributed by atoms with Gasteiger partial charge in [-0.1, -0.05) is 0 Å². The van der Waals surface area contributed by atoms with E-state index in [1.807, 2.05) is 29.3 Å². The first-order chi connectivity index (χ1) is 23.7. The van der Waals surface area contributed by atoms with Gasteiger partial charge < -0.3 is 34.4 Å². The Bertz CT molecular complexity index is 2210. The monoisotopic (exact) mass is 658 g/mol. The van der Waals surface area contributed by atoms with Crippen LogP contribution in [0, 0.1) is 17.8 Å². The van der Waals surface area contributed by atoms with Crippen LogP contribution in [0.5, 0.6) is 5.75 Å². The van der Waals surface area contributed by atoms with Gasteiger partial charge in [-0.15, -0.1) is 0 Å². The number of aromatic amines is 1. The van der Waals surface area contributed by atoms with E-state index >= 15 is 0 Å². The smallest absolute Gasteiger partial charge is 0.254 e. The molecule has 2 unspecified atom stereocenters. The number of hydrogen-bond donors (Lipinski definition) is 2. The first-order valence-electron chi connectivity index (χ1n) is 17.3. The number of nitrogens with zero attached hydrogens (tertiary/aromatic N) is 6. The highest BCUT2D eigenvalue weighted by Gasteiger charge is 2.54. The molecule has 0 radical (unpaired) electrons. The van der Waals surface area contributed by atoms with Crippen molar-refractivity contribution >= 4 is 41.7 Å².